The molecular weight excluding hydrogens is 263 g/mol. The zero-order valence-corrected chi connectivity index (χ0v) is 10.4. The van der Waals surface area contributed by atoms with Crippen molar-refractivity contribution in [1.29, 1.82) is 0 Å². The van der Waals surface area contributed by atoms with Crippen molar-refractivity contribution in [1.82, 2.24) is 0 Å². The van der Waals surface area contributed by atoms with Gasteiger partial charge >= 0.3 is 5.97 Å². The second-order valence-electron chi connectivity index (χ2n) is 3.28. The molecule has 17 heavy (non-hydrogen) atoms. The summed E-state index contributed by atoms with van der Waals surface area (Å²) in [5, 5.41) is 0.0819. The van der Waals surface area contributed by atoms with Gasteiger partial charge in [0.1, 0.15) is 10.7 Å². The highest BCUT2D eigenvalue weighted by molar-refractivity contribution is 7.17. The molecule has 0 fully saturated rings. The Morgan fingerprint density at radius 3 is 2.76 bits per heavy atom. The zero-order valence-electron chi connectivity index (χ0n) is 8.87. The van der Waals surface area contributed by atoms with E-state index in [0.717, 1.165) is 4.88 Å². The smallest absolute Gasteiger partial charge is 0.348 e. The molecule has 1 aromatic heterocycles. The Labute approximate surface area is 107 Å². The molecule has 0 aliphatic heterocycles. The van der Waals surface area contributed by atoms with Crippen molar-refractivity contribution in [3.63, 3.8) is 0 Å². The predicted molar refractivity (Wildman–Crippen MR) is 66.1 cm³/mol. The number of rotatable bonds is 2. The molecule has 2 nitrogen and oxygen atoms in total. The van der Waals surface area contributed by atoms with E-state index in [-0.39, 0.29) is 5.02 Å². The number of ether oxygens (including phenoxy) is 1. The Morgan fingerprint density at radius 1 is 1.35 bits per heavy atom. The third-order valence-electron chi connectivity index (χ3n) is 2.20. The monoisotopic (exact) mass is 270 g/mol. The fraction of sp³-hybridized carbons (Fsp3) is 0.0833. The number of methoxy groups -OCH3 is 1. The van der Waals surface area contributed by atoms with Crippen LogP contribution in [0, 0.1) is 5.82 Å². The predicted octanol–water partition coefficient (Wildman–Crippen LogP) is 3.99. The quantitative estimate of drug-likeness (QED) is 0.771. The van der Waals surface area contributed by atoms with Crippen LogP contribution in [-0.4, -0.2) is 13.1 Å². The summed E-state index contributed by atoms with van der Waals surface area (Å²) >= 11 is 6.85. The van der Waals surface area contributed by atoms with Gasteiger partial charge in [-0.3, -0.25) is 0 Å². The van der Waals surface area contributed by atoms with Gasteiger partial charge in [-0.2, -0.15) is 0 Å². The van der Waals surface area contributed by atoms with Crippen molar-refractivity contribution in [3.8, 4) is 10.4 Å². The van der Waals surface area contributed by atoms with Gasteiger partial charge in [0.25, 0.3) is 0 Å². The second-order valence-corrected chi connectivity index (χ2v) is 4.78. The molecular formula is C12H8ClFO2S. The van der Waals surface area contributed by atoms with Crippen LogP contribution in [0.15, 0.2) is 30.3 Å². The Bertz CT molecular complexity index is 565. The molecule has 0 aliphatic rings. The SMILES string of the molecule is COC(=O)c1ccc(-c2ccc(Cl)c(F)c2)s1. The van der Waals surface area contributed by atoms with Gasteiger partial charge < -0.3 is 4.74 Å². The molecule has 2 aromatic rings. The number of carbonyl (C=O) groups is 1. The summed E-state index contributed by atoms with van der Waals surface area (Å²) in [6.07, 6.45) is 0. The lowest BCUT2D eigenvalue weighted by Gasteiger charge is -1.99. The van der Waals surface area contributed by atoms with Crippen LogP contribution in [0.4, 0.5) is 4.39 Å². The summed E-state index contributed by atoms with van der Waals surface area (Å²) in [4.78, 5) is 12.5. The maximum atomic E-state index is 13.3. The van der Waals surface area contributed by atoms with Crippen molar-refractivity contribution in [2.75, 3.05) is 7.11 Å². The fourth-order valence-electron chi connectivity index (χ4n) is 1.35. The summed E-state index contributed by atoms with van der Waals surface area (Å²) in [5.74, 6) is -0.868. The van der Waals surface area contributed by atoms with Crippen LogP contribution < -0.4 is 0 Å². The lowest BCUT2D eigenvalue weighted by molar-refractivity contribution is 0.0606. The first-order chi connectivity index (χ1) is 8.11. The summed E-state index contributed by atoms with van der Waals surface area (Å²) < 4.78 is 17.9. The van der Waals surface area contributed by atoms with E-state index in [0.29, 0.717) is 10.4 Å². The van der Waals surface area contributed by atoms with Crippen molar-refractivity contribution in [2.24, 2.45) is 0 Å². The number of esters is 1. The van der Waals surface area contributed by atoms with Crippen LogP contribution in [0.25, 0.3) is 10.4 Å². The maximum absolute atomic E-state index is 13.3. The lowest BCUT2D eigenvalue weighted by atomic mass is 10.2. The molecule has 0 N–H and O–H groups in total. The van der Waals surface area contributed by atoms with E-state index in [9.17, 15) is 9.18 Å². The van der Waals surface area contributed by atoms with Crippen LogP contribution in [0.2, 0.25) is 5.02 Å². The van der Waals surface area contributed by atoms with Crippen molar-refractivity contribution in [2.45, 2.75) is 0 Å². The van der Waals surface area contributed by atoms with E-state index in [4.69, 9.17) is 11.6 Å². The van der Waals surface area contributed by atoms with Crippen molar-refractivity contribution >= 4 is 28.9 Å². The minimum absolute atomic E-state index is 0.0819. The number of hydrogen-bond acceptors (Lipinski definition) is 3. The number of carbonyl (C=O) groups excluding carboxylic acids is 1. The maximum Gasteiger partial charge on any atom is 0.348 e. The molecule has 0 aliphatic carbocycles. The third-order valence-corrected chi connectivity index (χ3v) is 3.62. The fourth-order valence-corrected chi connectivity index (χ4v) is 2.39. The van der Waals surface area contributed by atoms with Gasteiger partial charge in [0.2, 0.25) is 0 Å². The average Bonchev–Trinajstić information content (AvgIpc) is 2.81. The first kappa shape index (κ1) is 12.1. The summed E-state index contributed by atoms with van der Waals surface area (Å²) in [6.45, 7) is 0. The zero-order chi connectivity index (χ0) is 12.4. The van der Waals surface area contributed by atoms with E-state index < -0.39 is 11.8 Å². The summed E-state index contributed by atoms with van der Waals surface area (Å²) in [5.41, 5.74) is 0.687. The molecule has 0 amide bonds. The van der Waals surface area contributed by atoms with E-state index in [1.165, 1.54) is 30.6 Å². The minimum atomic E-state index is -0.475. The van der Waals surface area contributed by atoms with Gasteiger partial charge in [-0.05, 0) is 29.8 Å². The molecule has 0 spiro atoms. The van der Waals surface area contributed by atoms with E-state index >= 15 is 0 Å². The Kier molecular flexibility index (Phi) is 3.45. The highest BCUT2D eigenvalue weighted by Crippen LogP contribution is 2.30. The molecule has 0 radical (unpaired) electrons. The number of halogens is 2. The second kappa shape index (κ2) is 4.85. The average molecular weight is 271 g/mol. The molecule has 0 unspecified atom stereocenters. The highest BCUT2D eigenvalue weighted by Gasteiger charge is 2.11. The number of benzene rings is 1. The van der Waals surface area contributed by atoms with E-state index in [2.05, 4.69) is 4.74 Å². The standard InChI is InChI=1S/C12H8ClFO2S/c1-16-12(15)11-5-4-10(17-11)7-2-3-8(13)9(14)6-7/h2-6H,1H3. The Hall–Kier alpha value is -1.39. The van der Waals surface area contributed by atoms with Crippen LogP contribution in [0.1, 0.15) is 9.67 Å². The first-order valence-corrected chi connectivity index (χ1v) is 5.95. The summed E-state index contributed by atoms with van der Waals surface area (Å²) in [7, 11) is 1.32. The third kappa shape index (κ3) is 2.48. The number of hydrogen-bond donors (Lipinski definition) is 0. The molecule has 1 heterocycles. The number of thiophene rings is 1. The molecule has 0 saturated carbocycles. The molecule has 5 heteroatoms. The van der Waals surface area contributed by atoms with Crippen LogP contribution >= 0.6 is 22.9 Å². The van der Waals surface area contributed by atoms with Crippen molar-refractivity contribution in [3.05, 3.63) is 46.0 Å². The van der Waals surface area contributed by atoms with Gasteiger partial charge in [0.15, 0.2) is 0 Å². The van der Waals surface area contributed by atoms with Gasteiger partial charge in [0.05, 0.1) is 12.1 Å². The molecule has 88 valence electrons. The molecule has 0 bridgehead atoms. The topological polar surface area (TPSA) is 26.3 Å². The Morgan fingerprint density at radius 2 is 2.12 bits per heavy atom. The van der Waals surface area contributed by atoms with Gasteiger partial charge in [-0.1, -0.05) is 17.7 Å². The van der Waals surface area contributed by atoms with Crippen LogP contribution in [0.5, 0.6) is 0 Å². The highest BCUT2D eigenvalue weighted by atomic mass is 35.5. The largest absolute Gasteiger partial charge is 0.465 e. The summed E-state index contributed by atoms with van der Waals surface area (Å²) in [6, 6.07) is 7.94. The van der Waals surface area contributed by atoms with Crippen molar-refractivity contribution < 1.29 is 13.9 Å². The normalized spacial score (nSPS) is 10.3. The van der Waals surface area contributed by atoms with Gasteiger partial charge in [-0.25, -0.2) is 9.18 Å². The lowest BCUT2D eigenvalue weighted by Crippen LogP contribution is -1.96. The van der Waals surface area contributed by atoms with Crippen LogP contribution in [-0.2, 0) is 4.74 Å². The molecule has 2 rings (SSSR count). The van der Waals surface area contributed by atoms with Gasteiger partial charge in [0, 0.05) is 4.88 Å². The molecule has 1 aromatic carbocycles. The minimum Gasteiger partial charge on any atom is -0.465 e. The molecule has 0 atom stereocenters. The van der Waals surface area contributed by atoms with E-state index in [1.54, 1.807) is 18.2 Å². The van der Waals surface area contributed by atoms with E-state index in [1.807, 2.05) is 0 Å². The van der Waals surface area contributed by atoms with Crippen LogP contribution in [0.3, 0.4) is 0 Å². The molecule has 0 saturated heterocycles. The van der Waals surface area contributed by atoms with Gasteiger partial charge in [-0.15, -0.1) is 11.3 Å². The Balaban J connectivity index is 2.37. The first-order valence-electron chi connectivity index (χ1n) is 4.75.